The van der Waals surface area contributed by atoms with Crippen LogP contribution in [0.3, 0.4) is 0 Å². The van der Waals surface area contributed by atoms with Gasteiger partial charge in [-0.3, -0.25) is 4.79 Å². The molecule has 0 aromatic heterocycles. The second-order valence-electron chi connectivity index (χ2n) is 8.32. The van der Waals surface area contributed by atoms with E-state index in [1.54, 1.807) is 12.1 Å². The highest BCUT2D eigenvalue weighted by Gasteiger charge is 2.50. The molecule has 134 valence electrons. The number of phenolic OH excluding ortho intramolecular Hbond substituents is 1. The van der Waals surface area contributed by atoms with Gasteiger partial charge in [-0.2, -0.15) is 0 Å². The van der Waals surface area contributed by atoms with Crippen molar-refractivity contribution >= 4 is 11.9 Å². The van der Waals surface area contributed by atoms with E-state index in [2.05, 4.69) is 5.32 Å². The fourth-order valence-corrected chi connectivity index (χ4v) is 5.69. The first-order valence-electron chi connectivity index (χ1n) is 9.24. The van der Waals surface area contributed by atoms with Crippen LogP contribution in [0.1, 0.15) is 48.9 Å². The zero-order valence-corrected chi connectivity index (χ0v) is 14.4. The largest absolute Gasteiger partial charge is 0.508 e. The average Bonchev–Trinajstić information content (AvgIpc) is 2.57. The third-order valence-corrected chi connectivity index (χ3v) is 6.24. The minimum atomic E-state index is -0.596. The number of aromatic hydroxyl groups is 1. The predicted octanol–water partition coefficient (Wildman–Crippen LogP) is 2.88. The molecule has 5 rings (SSSR count). The van der Waals surface area contributed by atoms with Crippen molar-refractivity contribution < 1.29 is 19.4 Å². The molecule has 4 aliphatic carbocycles. The third kappa shape index (κ3) is 3.51. The summed E-state index contributed by atoms with van der Waals surface area (Å²) >= 11 is 0. The van der Waals surface area contributed by atoms with Gasteiger partial charge in [-0.25, -0.2) is 4.79 Å². The van der Waals surface area contributed by atoms with Crippen LogP contribution < -0.4 is 5.32 Å². The Hall–Kier alpha value is -2.04. The molecule has 0 spiro atoms. The quantitative estimate of drug-likeness (QED) is 0.806. The van der Waals surface area contributed by atoms with E-state index in [1.807, 2.05) is 0 Å². The lowest BCUT2D eigenvalue weighted by Crippen LogP contribution is -2.51. The van der Waals surface area contributed by atoms with Crippen molar-refractivity contribution in [3.05, 3.63) is 29.8 Å². The van der Waals surface area contributed by atoms with E-state index in [9.17, 15) is 14.7 Å². The Labute approximate surface area is 147 Å². The van der Waals surface area contributed by atoms with Crippen molar-refractivity contribution in [2.24, 2.45) is 23.2 Å². The fourth-order valence-electron chi connectivity index (χ4n) is 5.69. The Morgan fingerprint density at radius 2 is 1.76 bits per heavy atom. The number of ether oxygens (including phenoxy) is 1. The van der Waals surface area contributed by atoms with E-state index in [-0.39, 0.29) is 29.2 Å². The minimum absolute atomic E-state index is 0.000665. The molecule has 0 aliphatic heterocycles. The Bertz CT molecular complexity index is 649. The van der Waals surface area contributed by atoms with E-state index in [4.69, 9.17) is 4.74 Å². The molecule has 0 radical (unpaired) electrons. The summed E-state index contributed by atoms with van der Waals surface area (Å²) in [6, 6.07) is 5.93. The topological polar surface area (TPSA) is 75.6 Å². The van der Waals surface area contributed by atoms with Crippen LogP contribution in [-0.2, 0) is 9.53 Å². The van der Waals surface area contributed by atoms with Crippen molar-refractivity contribution in [3.63, 3.8) is 0 Å². The molecule has 1 amide bonds. The fraction of sp³-hybridized carbons (Fsp3) is 0.600. The van der Waals surface area contributed by atoms with Crippen LogP contribution in [0.4, 0.5) is 0 Å². The maximum absolute atomic E-state index is 12.1. The highest BCUT2D eigenvalue weighted by molar-refractivity contribution is 5.91. The molecule has 4 saturated carbocycles. The van der Waals surface area contributed by atoms with Crippen molar-refractivity contribution in [2.45, 2.75) is 38.5 Å². The van der Waals surface area contributed by atoms with Gasteiger partial charge >= 0.3 is 5.97 Å². The van der Waals surface area contributed by atoms with Crippen LogP contribution in [0, 0.1) is 23.2 Å². The molecule has 0 heterocycles. The lowest BCUT2D eigenvalue weighted by Gasteiger charge is -2.56. The highest BCUT2D eigenvalue weighted by atomic mass is 16.5. The van der Waals surface area contributed by atoms with Crippen LogP contribution in [-0.4, -0.2) is 30.1 Å². The van der Waals surface area contributed by atoms with Gasteiger partial charge < -0.3 is 15.2 Å². The molecule has 0 unspecified atom stereocenters. The summed E-state index contributed by atoms with van der Waals surface area (Å²) in [7, 11) is 0. The number of esters is 1. The maximum Gasteiger partial charge on any atom is 0.338 e. The predicted molar refractivity (Wildman–Crippen MR) is 92.0 cm³/mol. The number of amides is 1. The van der Waals surface area contributed by atoms with Gasteiger partial charge in [0.25, 0.3) is 5.91 Å². The van der Waals surface area contributed by atoms with Crippen LogP contribution >= 0.6 is 0 Å². The SMILES string of the molecule is O=C(COC(=O)c1cccc(O)c1)NCC12CC3CC(CC(C3)C1)C2. The summed E-state index contributed by atoms with van der Waals surface area (Å²) in [6.45, 7) is 0.430. The van der Waals surface area contributed by atoms with Gasteiger partial charge in [0.15, 0.2) is 6.61 Å². The molecule has 1 aromatic carbocycles. The summed E-state index contributed by atoms with van der Waals surface area (Å²) < 4.78 is 5.05. The van der Waals surface area contributed by atoms with Gasteiger partial charge in [-0.05, 0) is 79.9 Å². The number of nitrogens with one attached hydrogen (secondary N) is 1. The van der Waals surface area contributed by atoms with Gasteiger partial charge in [0.1, 0.15) is 5.75 Å². The molecule has 4 fully saturated rings. The zero-order chi connectivity index (χ0) is 17.4. The Morgan fingerprint density at radius 3 is 2.36 bits per heavy atom. The van der Waals surface area contributed by atoms with Crippen molar-refractivity contribution in [1.29, 1.82) is 0 Å². The molecule has 25 heavy (non-hydrogen) atoms. The van der Waals surface area contributed by atoms with E-state index < -0.39 is 5.97 Å². The third-order valence-electron chi connectivity index (χ3n) is 6.24. The normalized spacial score (nSPS) is 32.4. The molecule has 4 aliphatic rings. The number of phenols is 1. The molecular formula is C20H25NO4. The molecule has 5 nitrogen and oxygen atoms in total. The Balaban J connectivity index is 1.26. The monoisotopic (exact) mass is 343 g/mol. The van der Waals surface area contributed by atoms with E-state index in [0.717, 1.165) is 17.8 Å². The van der Waals surface area contributed by atoms with E-state index >= 15 is 0 Å². The Kier molecular flexibility index (Phi) is 4.18. The number of carbonyl (C=O) groups excluding carboxylic acids is 2. The summed E-state index contributed by atoms with van der Waals surface area (Å²) in [5, 5.41) is 12.4. The van der Waals surface area contributed by atoms with Crippen molar-refractivity contribution in [3.8, 4) is 5.75 Å². The Morgan fingerprint density at radius 1 is 1.12 bits per heavy atom. The average molecular weight is 343 g/mol. The van der Waals surface area contributed by atoms with Gasteiger partial charge in [0.05, 0.1) is 5.56 Å². The lowest BCUT2D eigenvalue weighted by molar-refractivity contribution is -0.126. The molecule has 0 atom stereocenters. The first-order chi connectivity index (χ1) is 12.0. The lowest BCUT2D eigenvalue weighted by atomic mass is 9.49. The van der Waals surface area contributed by atoms with Crippen LogP contribution in [0.5, 0.6) is 5.75 Å². The standard InChI is InChI=1S/C20H25NO4/c22-17-3-1-2-16(7-17)19(24)25-11-18(23)21-12-20-8-13-4-14(9-20)6-15(5-13)10-20/h1-3,7,13-15,22H,4-6,8-12H2,(H,21,23). The van der Waals surface area contributed by atoms with Crippen LogP contribution in [0.2, 0.25) is 0 Å². The molecule has 0 saturated heterocycles. The minimum Gasteiger partial charge on any atom is -0.508 e. The summed E-state index contributed by atoms with van der Waals surface area (Å²) in [5.41, 5.74) is 0.522. The number of carbonyl (C=O) groups is 2. The molecule has 5 heteroatoms. The molecule has 2 N–H and O–H groups in total. The zero-order valence-electron chi connectivity index (χ0n) is 14.4. The number of rotatable bonds is 5. The second-order valence-corrected chi connectivity index (χ2v) is 8.32. The number of hydrogen-bond acceptors (Lipinski definition) is 4. The molecular weight excluding hydrogens is 318 g/mol. The van der Waals surface area contributed by atoms with Crippen LogP contribution in [0.15, 0.2) is 24.3 Å². The van der Waals surface area contributed by atoms with Gasteiger partial charge in [-0.1, -0.05) is 6.07 Å². The number of hydrogen-bond donors (Lipinski definition) is 2. The second kappa shape index (κ2) is 6.36. The van der Waals surface area contributed by atoms with E-state index in [0.29, 0.717) is 6.54 Å². The first kappa shape index (κ1) is 16.4. The smallest absolute Gasteiger partial charge is 0.338 e. The highest BCUT2D eigenvalue weighted by Crippen LogP contribution is 2.59. The van der Waals surface area contributed by atoms with Gasteiger partial charge in [-0.15, -0.1) is 0 Å². The summed E-state index contributed by atoms with van der Waals surface area (Å²) in [5.74, 6) is 1.72. The molecule has 4 bridgehead atoms. The maximum atomic E-state index is 12.1. The van der Waals surface area contributed by atoms with E-state index in [1.165, 1.54) is 50.7 Å². The van der Waals surface area contributed by atoms with Gasteiger partial charge in [0.2, 0.25) is 0 Å². The number of benzene rings is 1. The van der Waals surface area contributed by atoms with Crippen LogP contribution in [0.25, 0.3) is 0 Å². The van der Waals surface area contributed by atoms with Gasteiger partial charge in [0, 0.05) is 6.54 Å². The molecule has 1 aromatic rings. The summed E-state index contributed by atoms with van der Waals surface area (Å²) in [6.07, 6.45) is 7.87. The first-order valence-corrected chi connectivity index (χ1v) is 9.24. The summed E-state index contributed by atoms with van der Waals surface area (Å²) in [4.78, 5) is 24.0. The van der Waals surface area contributed by atoms with Crippen molar-refractivity contribution in [2.75, 3.05) is 13.2 Å². The van der Waals surface area contributed by atoms with Crippen molar-refractivity contribution in [1.82, 2.24) is 5.32 Å².